The summed E-state index contributed by atoms with van der Waals surface area (Å²) in [5, 5.41) is 2.60. The maximum absolute atomic E-state index is 13.1. The van der Waals surface area contributed by atoms with Gasteiger partial charge < -0.3 is 24.3 Å². The number of esters is 2. The van der Waals surface area contributed by atoms with Gasteiger partial charge in [-0.15, -0.1) is 0 Å². The summed E-state index contributed by atoms with van der Waals surface area (Å²) in [7, 11) is 1.40. The molecule has 216 valence electrons. The second-order valence-corrected chi connectivity index (χ2v) is 9.85. The van der Waals surface area contributed by atoms with Gasteiger partial charge in [0.1, 0.15) is 11.8 Å². The molecule has 0 aliphatic carbocycles. The van der Waals surface area contributed by atoms with Gasteiger partial charge in [0.05, 0.1) is 13.0 Å². The molecule has 9 heteroatoms. The number of aryl methyl sites for hydroxylation is 2. The number of rotatable bonds is 11. The Morgan fingerprint density at radius 1 is 0.854 bits per heavy atom. The average Bonchev–Trinajstić information content (AvgIpc) is 2.94. The largest absolute Gasteiger partial charge is 0.493 e. The van der Waals surface area contributed by atoms with Crippen LogP contribution in [-0.4, -0.2) is 42.8 Å². The van der Waals surface area contributed by atoms with E-state index >= 15 is 0 Å². The second kappa shape index (κ2) is 14.1. The molecule has 1 aromatic heterocycles. The predicted octanol–water partition coefficient (Wildman–Crippen LogP) is 5.38. The number of nitrogens with one attached hydrogen (secondary N) is 1. The highest BCUT2D eigenvalue weighted by Gasteiger charge is 2.25. The molecule has 0 spiro atoms. The maximum Gasteiger partial charge on any atom is 0.333 e. The smallest absolute Gasteiger partial charge is 0.333 e. The van der Waals surface area contributed by atoms with Gasteiger partial charge >= 0.3 is 11.9 Å². The Morgan fingerprint density at radius 3 is 1.93 bits per heavy atom. The van der Waals surface area contributed by atoms with Crippen molar-refractivity contribution in [3.63, 3.8) is 0 Å². The van der Waals surface area contributed by atoms with Crippen molar-refractivity contribution >= 4 is 23.4 Å². The molecule has 0 aliphatic rings. The van der Waals surface area contributed by atoms with Crippen LogP contribution in [-0.2, 0) is 19.1 Å². The third-order valence-electron chi connectivity index (χ3n) is 6.17. The zero-order valence-electron chi connectivity index (χ0n) is 24.4. The Balaban J connectivity index is 1.80. The minimum atomic E-state index is -1.03. The third kappa shape index (κ3) is 8.17. The van der Waals surface area contributed by atoms with Gasteiger partial charge in [-0.05, 0) is 38.8 Å². The molecule has 0 radical (unpaired) electrons. The van der Waals surface area contributed by atoms with Crippen LogP contribution in [0.2, 0.25) is 0 Å². The Kier molecular flexibility index (Phi) is 10.6. The normalized spacial score (nSPS) is 11.3. The Morgan fingerprint density at radius 2 is 1.41 bits per heavy atom. The molecular weight excluding hydrogens is 524 g/mol. The lowest BCUT2D eigenvalue weighted by Gasteiger charge is -2.18. The van der Waals surface area contributed by atoms with Crippen molar-refractivity contribution in [2.75, 3.05) is 13.9 Å². The zero-order chi connectivity index (χ0) is 30.1. The first kappa shape index (κ1) is 30.9. The topological polar surface area (TPSA) is 113 Å². The van der Waals surface area contributed by atoms with Crippen LogP contribution in [0, 0.1) is 19.8 Å². The molecule has 0 saturated carbocycles. The first-order valence-electron chi connectivity index (χ1n) is 13.2. The molecule has 0 aliphatic heterocycles. The molecule has 9 nitrogen and oxygen atoms in total. The third-order valence-corrected chi connectivity index (χ3v) is 6.17. The molecule has 0 fully saturated rings. The van der Waals surface area contributed by atoms with E-state index in [-0.39, 0.29) is 23.1 Å². The van der Waals surface area contributed by atoms with E-state index in [4.69, 9.17) is 18.9 Å². The van der Waals surface area contributed by atoms with Gasteiger partial charge in [0.2, 0.25) is 6.79 Å². The van der Waals surface area contributed by atoms with E-state index in [1.807, 2.05) is 62.4 Å². The highest BCUT2D eigenvalue weighted by Crippen LogP contribution is 2.30. The standard InChI is InChI=1S/C32H36N2O7/c1-19(2)31(36)40-18-39-29-26(38-7)16-17-33-28(29)30(35)34-22(5)32(37)41-23(6)27(24-12-8-20(3)9-13-24)25-14-10-21(4)11-15-25/h8-17,19,22H,18H2,1-7H3,(H,34,35)/t22-/m0/s1. The number of hydrogen-bond acceptors (Lipinski definition) is 8. The number of carbonyl (C=O) groups is 3. The van der Waals surface area contributed by atoms with Crippen LogP contribution in [0.4, 0.5) is 0 Å². The van der Waals surface area contributed by atoms with Crippen molar-refractivity contribution in [3.05, 3.63) is 94.5 Å². The molecule has 1 heterocycles. The van der Waals surface area contributed by atoms with Crippen LogP contribution in [0.3, 0.4) is 0 Å². The van der Waals surface area contributed by atoms with Gasteiger partial charge in [-0.2, -0.15) is 0 Å². The highest BCUT2D eigenvalue weighted by molar-refractivity contribution is 5.98. The Labute approximate surface area is 240 Å². The van der Waals surface area contributed by atoms with Gasteiger partial charge in [-0.25, -0.2) is 9.78 Å². The molecule has 41 heavy (non-hydrogen) atoms. The number of benzene rings is 2. The summed E-state index contributed by atoms with van der Waals surface area (Å²) < 4.78 is 21.6. The molecular formula is C32H36N2O7. The van der Waals surface area contributed by atoms with E-state index in [1.54, 1.807) is 20.8 Å². The minimum absolute atomic E-state index is 0.0262. The first-order valence-corrected chi connectivity index (χ1v) is 13.2. The maximum atomic E-state index is 13.1. The summed E-state index contributed by atoms with van der Waals surface area (Å²) in [5.41, 5.74) is 4.62. The zero-order valence-corrected chi connectivity index (χ0v) is 24.4. The highest BCUT2D eigenvalue weighted by atomic mass is 16.7. The first-order chi connectivity index (χ1) is 19.5. The van der Waals surface area contributed by atoms with Crippen LogP contribution in [0.15, 0.2) is 66.6 Å². The van der Waals surface area contributed by atoms with E-state index in [0.717, 1.165) is 27.8 Å². The van der Waals surface area contributed by atoms with Gasteiger partial charge in [0.15, 0.2) is 17.2 Å². The quantitative estimate of drug-likeness (QED) is 0.189. The van der Waals surface area contributed by atoms with E-state index in [1.165, 1.54) is 26.3 Å². The fraction of sp³-hybridized carbons (Fsp3) is 0.312. The van der Waals surface area contributed by atoms with Gasteiger partial charge in [-0.1, -0.05) is 73.5 Å². The lowest BCUT2D eigenvalue weighted by molar-refractivity contribution is -0.154. The van der Waals surface area contributed by atoms with Crippen LogP contribution in [0.1, 0.15) is 60.4 Å². The van der Waals surface area contributed by atoms with Crippen molar-refractivity contribution in [2.45, 2.75) is 47.6 Å². The van der Waals surface area contributed by atoms with E-state index in [0.29, 0.717) is 5.76 Å². The Hall–Kier alpha value is -4.66. The molecule has 3 rings (SSSR count). The predicted molar refractivity (Wildman–Crippen MR) is 154 cm³/mol. The van der Waals surface area contributed by atoms with Gasteiger partial charge in [-0.3, -0.25) is 9.59 Å². The number of aromatic nitrogens is 1. The average molecular weight is 561 g/mol. The number of allylic oxidation sites excluding steroid dienone is 1. The van der Waals surface area contributed by atoms with E-state index in [2.05, 4.69) is 10.3 Å². The van der Waals surface area contributed by atoms with Crippen molar-refractivity contribution in [2.24, 2.45) is 5.92 Å². The molecule has 0 bridgehead atoms. The fourth-order valence-corrected chi connectivity index (χ4v) is 3.83. The summed E-state index contributed by atoms with van der Waals surface area (Å²) in [6, 6.07) is 16.3. The molecule has 0 saturated heterocycles. The monoisotopic (exact) mass is 560 g/mol. The van der Waals surface area contributed by atoms with E-state index < -0.39 is 30.7 Å². The molecule has 2 aromatic carbocycles. The summed E-state index contributed by atoms with van der Waals surface area (Å²) in [4.78, 5) is 42.1. The lowest BCUT2D eigenvalue weighted by Crippen LogP contribution is -2.40. The summed E-state index contributed by atoms with van der Waals surface area (Å²) in [6.07, 6.45) is 1.37. The van der Waals surface area contributed by atoms with Gasteiger partial charge in [0, 0.05) is 17.8 Å². The fourth-order valence-electron chi connectivity index (χ4n) is 3.83. The van der Waals surface area contributed by atoms with Crippen LogP contribution >= 0.6 is 0 Å². The molecule has 3 aromatic rings. The number of amides is 1. The minimum Gasteiger partial charge on any atom is -0.493 e. The molecule has 0 unspecified atom stereocenters. The Bertz CT molecular complexity index is 1360. The number of pyridine rings is 1. The van der Waals surface area contributed by atoms with Crippen LogP contribution in [0.5, 0.6) is 11.5 Å². The summed E-state index contributed by atoms with van der Waals surface area (Å²) in [6.45, 7) is 10.2. The second-order valence-electron chi connectivity index (χ2n) is 9.85. The van der Waals surface area contributed by atoms with E-state index in [9.17, 15) is 14.4 Å². The SMILES string of the molecule is COc1ccnc(C(=O)N[C@@H](C)C(=O)OC(C)=C(c2ccc(C)cc2)c2ccc(C)cc2)c1OCOC(=O)C(C)C. The van der Waals surface area contributed by atoms with Crippen molar-refractivity contribution in [3.8, 4) is 11.5 Å². The van der Waals surface area contributed by atoms with Crippen molar-refractivity contribution in [1.82, 2.24) is 10.3 Å². The van der Waals surface area contributed by atoms with Crippen LogP contribution < -0.4 is 14.8 Å². The molecule has 1 amide bonds. The summed E-state index contributed by atoms with van der Waals surface area (Å²) >= 11 is 0. The number of methoxy groups -OCH3 is 1. The summed E-state index contributed by atoms with van der Waals surface area (Å²) in [5.74, 6) is -1.60. The van der Waals surface area contributed by atoms with Gasteiger partial charge in [0.25, 0.3) is 5.91 Å². The molecule has 1 atom stereocenters. The van der Waals surface area contributed by atoms with Crippen molar-refractivity contribution < 1.29 is 33.3 Å². The lowest BCUT2D eigenvalue weighted by atomic mass is 9.95. The number of hydrogen-bond donors (Lipinski definition) is 1. The number of carbonyl (C=O) groups excluding carboxylic acids is 3. The van der Waals surface area contributed by atoms with Crippen molar-refractivity contribution in [1.29, 1.82) is 0 Å². The number of nitrogens with zero attached hydrogens (tertiary/aromatic N) is 1. The molecule has 1 N–H and O–H groups in total. The number of ether oxygens (including phenoxy) is 4. The van der Waals surface area contributed by atoms with Crippen LogP contribution in [0.25, 0.3) is 5.57 Å².